The Morgan fingerprint density at radius 2 is 2.05 bits per heavy atom. The topological polar surface area (TPSA) is 47.6 Å². The van der Waals surface area contributed by atoms with Crippen molar-refractivity contribution >= 4 is 0 Å². The van der Waals surface area contributed by atoms with Crippen LogP contribution in [0, 0.1) is 40.4 Å². The molecule has 3 aliphatic rings. The van der Waals surface area contributed by atoms with Crippen LogP contribution in [0.15, 0.2) is 34.9 Å². The molecule has 0 aliphatic heterocycles. The van der Waals surface area contributed by atoms with Crippen LogP contribution in [0.2, 0.25) is 0 Å². The fourth-order valence-electron chi connectivity index (χ4n) is 4.41. The van der Waals surface area contributed by atoms with Gasteiger partial charge in [-0.2, -0.15) is 10.5 Å². The van der Waals surface area contributed by atoms with Gasteiger partial charge in [-0.1, -0.05) is 30.2 Å². The first-order valence-corrected chi connectivity index (χ1v) is 7.69. The summed E-state index contributed by atoms with van der Waals surface area (Å²) in [5.41, 5.74) is 4.19. The van der Waals surface area contributed by atoms with E-state index in [2.05, 4.69) is 30.4 Å². The Kier molecular flexibility index (Phi) is 3.75. The van der Waals surface area contributed by atoms with Crippen LogP contribution in [0.4, 0.5) is 0 Å². The second-order valence-corrected chi connectivity index (χ2v) is 6.11. The normalized spacial score (nSPS) is 31.7. The zero-order valence-corrected chi connectivity index (χ0v) is 11.8. The third-order valence-electron chi connectivity index (χ3n) is 5.21. The van der Waals surface area contributed by atoms with Gasteiger partial charge >= 0.3 is 0 Å². The van der Waals surface area contributed by atoms with E-state index in [1.54, 1.807) is 0 Å². The second-order valence-electron chi connectivity index (χ2n) is 6.11. The standard InChI is InChI=1S/C18H20N2/c19-11-9-17-13-5-1-2-6-14(13)18(10-12-20)16-8-4-3-7-15(16)17/h1-2,5,14,16,18H,3-4,6-10H2. The first-order chi connectivity index (χ1) is 9.86. The molecule has 3 rings (SSSR count). The lowest BCUT2D eigenvalue weighted by molar-refractivity contribution is 0.234. The van der Waals surface area contributed by atoms with Gasteiger partial charge in [-0.05, 0) is 54.6 Å². The number of nitriles is 2. The van der Waals surface area contributed by atoms with Crippen molar-refractivity contribution in [3.63, 3.8) is 0 Å². The second kappa shape index (κ2) is 5.68. The molecule has 2 heteroatoms. The van der Waals surface area contributed by atoms with Gasteiger partial charge in [0, 0.05) is 6.42 Å². The Labute approximate surface area is 121 Å². The van der Waals surface area contributed by atoms with Crippen molar-refractivity contribution in [1.29, 1.82) is 10.5 Å². The lowest BCUT2D eigenvalue weighted by Crippen LogP contribution is -2.34. The molecule has 0 heterocycles. The largest absolute Gasteiger partial charge is 0.198 e. The van der Waals surface area contributed by atoms with E-state index < -0.39 is 0 Å². The maximum atomic E-state index is 9.21. The zero-order chi connectivity index (χ0) is 13.9. The van der Waals surface area contributed by atoms with Crippen LogP contribution in [0.3, 0.4) is 0 Å². The average Bonchev–Trinajstić information content (AvgIpc) is 2.50. The van der Waals surface area contributed by atoms with Crippen molar-refractivity contribution in [2.75, 3.05) is 0 Å². The maximum absolute atomic E-state index is 9.21. The van der Waals surface area contributed by atoms with Crippen LogP contribution in [-0.2, 0) is 0 Å². The number of fused-ring (bicyclic) bond motifs is 2. The smallest absolute Gasteiger partial charge is 0.0669 e. The number of hydrogen-bond donors (Lipinski definition) is 0. The summed E-state index contributed by atoms with van der Waals surface area (Å²) in [6, 6.07) is 4.77. The summed E-state index contributed by atoms with van der Waals surface area (Å²) < 4.78 is 0. The predicted molar refractivity (Wildman–Crippen MR) is 78.3 cm³/mol. The molecule has 0 aromatic heterocycles. The van der Waals surface area contributed by atoms with E-state index in [0.717, 1.165) is 12.8 Å². The van der Waals surface area contributed by atoms with E-state index in [1.807, 2.05) is 0 Å². The molecular formula is C18H20N2. The molecule has 0 N–H and O–H groups in total. The third kappa shape index (κ3) is 2.10. The molecule has 102 valence electrons. The van der Waals surface area contributed by atoms with Crippen LogP contribution in [-0.4, -0.2) is 0 Å². The minimum Gasteiger partial charge on any atom is -0.198 e. The van der Waals surface area contributed by atoms with Crippen molar-refractivity contribution < 1.29 is 0 Å². The summed E-state index contributed by atoms with van der Waals surface area (Å²) in [7, 11) is 0. The first-order valence-electron chi connectivity index (χ1n) is 7.69. The van der Waals surface area contributed by atoms with Gasteiger partial charge in [0.2, 0.25) is 0 Å². The fraction of sp³-hybridized carbons (Fsp3) is 0.556. The van der Waals surface area contributed by atoms with Gasteiger partial charge in [0.15, 0.2) is 0 Å². The molecule has 0 aromatic carbocycles. The van der Waals surface area contributed by atoms with E-state index in [-0.39, 0.29) is 0 Å². The van der Waals surface area contributed by atoms with Crippen molar-refractivity contribution in [3.05, 3.63) is 34.9 Å². The molecule has 0 amide bonds. The summed E-state index contributed by atoms with van der Waals surface area (Å²) in [6.07, 6.45) is 13.6. The van der Waals surface area contributed by atoms with Crippen molar-refractivity contribution in [3.8, 4) is 12.1 Å². The molecule has 3 aliphatic carbocycles. The highest BCUT2D eigenvalue weighted by molar-refractivity contribution is 5.47. The molecule has 0 spiro atoms. The molecule has 1 fully saturated rings. The van der Waals surface area contributed by atoms with E-state index in [9.17, 15) is 10.5 Å². The first kappa shape index (κ1) is 13.2. The highest BCUT2D eigenvalue weighted by atomic mass is 14.5. The van der Waals surface area contributed by atoms with Crippen molar-refractivity contribution in [2.24, 2.45) is 17.8 Å². The van der Waals surface area contributed by atoms with Gasteiger partial charge in [0.1, 0.15) is 0 Å². The van der Waals surface area contributed by atoms with Crippen LogP contribution >= 0.6 is 0 Å². The average molecular weight is 264 g/mol. The molecule has 2 nitrogen and oxygen atoms in total. The third-order valence-corrected chi connectivity index (χ3v) is 5.21. The summed E-state index contributed by atoms with van der Waals surface area (Å²) in [4.78, 5) is 0. The van der Waals surface area contributed by atoms with Gasteiger partial charge < -0.3 is 0 Å². The quantitative estimate of drug-likeness (QED) is 0.740. The number of rotatable bonds is 2. The number of hydrogen-bond acceptors (Lipinski definition) is 2. The minimum atomic E-state index is 0.467. The highest BCUT2D eigenvalue weighted by Crippen LogP contribution is 2.52. The highest BCUT2D eigenvalue weighted by Gasteiger charge is 2.41. The molecule has 0 bridgehead atoms. The molecule has 3 unspecified atom stereocenters. The van der Waals surface area contributed by atoms with E-state index in [4.69, 9.17) is 0 Å². The molecule has 3 atom stereocenters. The van der Waals surface area contributed by atoms with E-state index >= 15 is 0 Å². The van der Waals surface area contributed by atoms with Gasteiger partial charge in [0.25, 0.3) is 0 Å². The Balaban J connectivity index is 2.09. The fourth-order valence-corrected chi connectivity index (χ4v) is 4.41. The molecule has 1 saturated carbocycles. The molecule has 0 saturated heterocycles. The number of allylic oxidation sites excluding steroid dienone is 6. The number of nitrogens with zero attached hydrogens (tertiary/aromatic N) is 2. The van der Waals surface area contributed by atoms with Crippen LogP contribution in [0.5, 0.6) is 0 Å². The summed E-state index contributed by atoms with van der Waals surface area (Å²) in [5, 5.41) is 18.4. The van der Waals surface area contributed by atoms with Crippen LogP contribution in [0.1, 0.15) is 44.9 Å². The lowest BCUT2D eigenvalue weighted by atomic mass is 9.59. The SMILES string of the molecule is N#CCC1=C2CCCCC2C(CC#N)C2CC=CC=C12. The lowest BCUT2D eigenvalue weighted by Gasteiger charge is -2.44. The molecule has 0 radical (unpaired) electrons. The zero-order valence-electron chi connectivity index (χ0n) is 11.8. The van der Waals surface area contributed by atoms with Gasteiger partial charge in [-0.25, -0.2) is 0 Å². The monoisotopic (exact) mass is 264 g/mol. The molecule has 0 aromatic rings. The summed E-state index contributed by atoms with van der Waals surface area (Å²) in [5.74, 6) is 1.49. The van der Waals surface area contributed by atoms with Crippen LogP contribution < -0.4 is 0 Å². The Morgan fingerprint density at radius 3 is 2.85 bits per heavy atom. The Hall–Kier alpha value is -1.80. The van der Waals surface area contributed by atoms with E-state index in [1.165, 1.54) is 36.0 Å². The predicted octanol–water partition coefficient (Wildman–Crippen LogP) is 4.43. The summed E-state index contributed by atoms with van der Waals surface area (Å²) >= 11 is 0. The minimum absolute atomic E-state index is 0.467. The summed E-state index contributed by atoms with van der Waals surface area (Å²) in [6.45, 7) is 0. The van der Waals surface area contributed by atoms with Gasteiger partial charge in [-0.3, -0.25) is 0 Å². The Morgan fingerprint density at radius 1 is 1.15 bits per heavy atom. The van der Waals surface area contributed by atoms with Crippen LogP contribution in [0.25, 0.3) is 0 Å². The van der Waals surface area contributed by atoms with Gasteiger partial charge in [-0.15, -0.1) is 0 Å². The Bertz CT molecular complexity index is 565. The molecular weight excluding hydrogens is 244 g/mol. The molecule has 20 heavy (non-hydrogen) atoms. The van der Waals surface area contributed by atoms with E-state index in [0.29, 0.717) is 30.6 Å². The van der Waals surface area contributed by atoms with Crippen molar-refractivity contribution in [1.82, 2.24) is 0 Å². The van der Waals surface area contributed by atoms with Gasteiger partial charge in [0.05, 0.1) is 18.6 Å². The van der Waals surface area contributed by atoms with Crippen molar-refractivity contribution in [2.45, 2.75) is 44.9 Å². The maximum Gasteiger partial charge on any atom is 0.0669 e.